The summed E-state index contributed by atoms with van der Waals surface area (Å²) in [5.74, 6) is 0.563. The molecule has 0 spiro atoms. The molecule has 0 saturated carbocycles. The van der Waals surface area contributed by atoms with Gasteiger partial charge in [-0.05, 0) is 62.7 Å². The molecule has 0 aliphatic carbocycles. The standard InChI is InChI=1S/C20H20N2O3S/c1-4-25-15-8-6-14(7-9-15)20-21-13(3)18(26-20)19(24)22-16-11-12(2)5-10-17(16)23/h5-11,23H,4H2,1-3H3,(H,22,24). The second-order valence-corrected chi connectivity index (χ2v) is 6.86. The van der Waals surface area contributed by atoms with Gasteiger partial charge in [0.1, 0.15) is 21.4 Å². The third kappa shape index (κ3) is 3.86. The van der Waals surface area contributed by atoms with Crippen LogP contribution < -0.4 is 10.1 Å². The highest BCUT2D eigenvalue weighted by molar-refractivity contribution is 7.17. The Morgan fingerprint density at radius 1 is 1.19 bits per heavy atom. The van der Waals surface area contributed by atoms with E-state index in [2.05, 4.69) is 10.3 Å². The molecule has 0 saturated heterocycles. The lowest BCUT2D eigenvalue weighted by Gasteiger charge is -2.07. The van der Waals surface area contributed by atoms with Gasteiger partial charge in [-0.15, -0.1) is 11.3 Å². The van der Waals surface area contributed by atoms with Crippen molar-refractivity contribution >= 4 is 22.9 Å². The molecule has 3 aromatic rings. The number of anilines is 1. The summed E-state index contributed by atoms with van der Waals surface area (Å²) in [6.07, 6.45) is 0. The number of nitrogens with zero attached hydrogens (tertiary/aromatic N) is 1. The number of amides is 1. The zero-order valence-corrected chi connectivity index (χ0v) is 15.7. The fourth-order valence-electron chi connectivity index (χ4n) is 2.52. The van der Waals surface area contributed by atoms with Gasteiger partial charge in [0.2, 0.25) is 0 Å². The van der Waals surface area contributed by atoms with E-state index in [-0.39, 0.29) is 11.7 Å². The summed E-state index contributed by atoms with van der Waals surface area (Å²) < 4.78 is 5.45. The van der Waals surface area contributed by atoms with Crippen LogP contribution in [0.5, 0.6) is 11.5 Å². The first-order valence-electron chi connectivity index (χ1n) is 8.29. The zero-order chi connectivity index (χ0) is 18.7. The van der Waals surface area contributed by atoms with Crippen LogP contribution in [0, 0.1) is 13.8 Å². The molecule has 1 amide bonds. The molecule has 3 rings (SSSR count). The van der Waals surface area contributed by atoms with Gasteiger partial charge in [0.05, 0.1) is 18.0 Å². The van der Waals surface area contributed by atoms with Crippen LogP contribution in [0.1, 0.15) is 27.9 Å². The predicted molar refractivity (Wildman–Crippen MR) is 104 cm³/mol. The fourth-order valence-corrected chi connectivity index (χ4v) is 3.49. The first kappa shape index (κ1) is 17.9. The molecule has 6 heteroatoms. The van der Waals surface area contributed by atoms with Gasteiger partial charge in [0.15, 0.2) is 0 Å². The molecule has 2 aromatic carbocycles. The third-order valence-electron chi connectivity index (χ3n) is 3.82. The van der Waals surface area contributed by atoms with Crippen LogP contribution >= 0.6 is 11.3 Å². The Morgan fingerprint density at radius 2 is 1.92 bits per heavy atom. The van der Waals surface area contributed by atoms with Crippen molar-refractivity contribution in [3.63, 3.8) is 0 Å². The molecule has 26 heavy (non-hydrogen) atoms. The van der Waals surface area contributed by atoms with Crippen LogP contribution in [-0.2, 0) is 0 Å². The molecule has 0 fully saturated rings. The van der Waals surface area contributed by atoms with Crippen LogP contribution in [0.25, 0.3) is 10.6 Å². The van der Waals surface area contributed by atoms with Gasteiger partial charge in [0, 0.05) is 5.56 Å². The first-order chi connectivity index (χ1) is 12.5. The summed E-state index contributed by atoms with van der Waals surface area (Å²) in [5.41, 5.74) is 2.93. The van der Waals surface area contributed by atoms with Gasteiger partial charge in [-0.3, -0.25) is 4.79 Å². The first-order valence-corrected chi connectivity index (χ1v) is 9.11. The Balaban J connectivity index is 1.83. The maximum absolute atomic E-state index is 12.6. The molecule has 1 heterocycles. The number of hydrogen-bond donors (Lipinski definition) is 2. The van der Waals surface area contributed by atoms with Crippen LogP contribution in [0.2, 0.25) is 0 Å². The topological polar surface area (TPSA) is 71.5 Å². The summed E-state index contributed by atoms with van der Waals surface area (Å²) in [7, 11) is 0. The molecule has 1 aromatic heterocycles. The molecule has 0 radical (unpaired) electrons. The second-order valence-electron chi connectivity index (χ2n) is 5.87. The summed E-state index contributed by atoms with van der Waals surface area (Å²) in [6, 6.07) is 12.7. The van der Waals surface area contributed by atoms with E-state index in [4.69, 9.17) is 4.74 Å². The second kappa shape index (κ2) is 7.58. The molecular weight excluding hydrogens is 348 g/mol. The van der Waals surface area contributed by atoms with Crippen molar-refractivity contribution in [2.24, 2.45) is 0 Å². The van der Waals surface area contributed by atoms with Gasteiger partial charge < -0.3 is 15.2 Å². The quantitative estimate of drug-likeness (QED) is 0.636. The Hall–Kier alpha value is -2.86. The number of hydrogen-bond acceptors (Lipinski definition) is 5. The largest absolute Gasteiger partial charge is 0.506 e. The van der Waals surface area contributed by atoms with E-state index in [9.17, 15) is 9.90 Å². The number of ether oxygens (including phenoxy) is 1. The van der Waals surface area contributed by atoms with Crippen molar-refractivity contribution in [1.82, 2.24) is 4.98 Å². The molecular formula is C20H20N2O3S. The Labute approximate surface area is 156 Å². The summed E-state index contributed by atoms with van der Waals surface area (Å²) >= 11 is 1.32. The minimum Gasteiger partial charge on any atom is -0.506 e. The van der Waals surface area contributed by atoms with Crippen LogP contribution in [0.3, 0.4) is 0 Å². The number of carbonyl (C=O) groups is 1. The van der Waals surface area contributed by atoms with Gasteiger partial charge in [-0.25, -0.2) is 4.98 Å². The highest BCUT2D eigenvalue weighted by Crippen LogP contribution is 2.31. The van der Waals surface area contributed by atoms with E-state index in [1.54, 1.807) is 25.1 Å². The van der Waals surface area contributed by atoms with Crippen molar-refractivity contribution in [1.29, 1.82) is 0 Å². The van der Waals surface area contributed by atoms with E-state index in [0.717, 1.165) is 21.9 Å². The zero-order valence-electron chi connectivity index (χ0n) is 14.9. The van der Waals surface area contributed by atoms with E-state index >= 15 is 0 Å². The number of benzene rings is 2. The fraction of sp³-hybridized carbons (Fsp3) is 0.200. The molecule has 0 atom stereocenters. The lowest BCUT2D eigenvalue weighted by molar-refractivity contribution is 0.102. The monoisotopic (exact) mass is 368 g/mol. The maximum Gasteiger partial charge on any atom is 0.267 e. The van der Waals surface area contributed by atoms with Crippen molar-refractivity contribution in [3.8, 4) is 22.1 Å². The van der Waals surface area contributed by atoms with E-state index in [0.29, 0.717) is 22.9 Å². The van der Waals surface area contributed by atoms with Crippen molar-refractivity contribution < 1.29 is 14.6 Å². The SMILES string of the molecule is CCOc1ccc(-c2nc(C)c(C(=O)Nc3cc(C)ccc3O)s2)cc1. The Bertz CT molecular complexity index is 933. The van der Waals surface area contributed by atoms with Crippen LogP contribution in [0.15, 0.2) is 42.5 Å². The molecule has 5 nitrogen and oxygen atoms in total. The number of phenolic OH excluding ortho intramolecular Hbond substituents is 1. The van der Waals surface area contributed by atoms with Gasteiger partial charge >= 0.3 is 0 Å². The number of carbonyl (C=O) groups excluding carboxylic acids is 1. The number of rotatable bonds is 5. The number of aromatic nitrogens is 1. The minimum atomic E-state index is -0.280. The molecule has 134 valence electrons. The highest BCUT2D eigenvalue weighted by atomic mass is 32.1. The van der Waals surface area contributed by atoms with Gasteiger partial charge in [0.25, 0.3) is 5.91 Å². The average Bonchev–Trinajstić information content (AvgIpc) is 3.01. The van der Waals surface area contributed by atoms with Crippen molar-refractivity contribution in [3.05, 3.63) is 58.6 Å². The summed E-state index contributed by atoms with van der Waals surface area (Å²) in [5, 5.41) is 13.4. The van der Waals surface area contributed by atoms with Gasteiger partial charge in [-0.1, -0.05) is 6.07 Å². The highest BCUT2D eigenvalue weighted by Gasteiger charge is 2.17. The number of aromatic hydroxyl groups is 1. The van der Waals surface area contributed by atoms with Crippen molar-refractivity contribution in [2.45, 2.75) is 20.8 Å². The number of thiazole rings is 1. The van der Waals surface area contributed by atoms with Crippen LogP contribution in [-0.4, -0.2) is 22.6 Å². The number of aryl methyl sites for hydroxylation is 2. The smallest absolute Gasteiger partial charge is 0.267 e. The lowest BCUT2D eigenvalue weighted by Crippen LogP contribution is -2.11. The Morgan fingerprint density at radius 3 is 2.62 bits per heavy atom. The third-order valence-corrected chi connectivity index (χ3v) is 5.02. The molecule has 0 bridgehead atoms. The van der Waals surface area contributed by atoms with Crippen molar-refractivity contribution in [2.75, 3.05) is 11.9 Å². The minimum absolute atomic E-state index is 0.0397. The normalized spacial score (nSPS) is 10.6. The van der Waals surface area contributed by atoms with E-state index in [1.807, 2.05) is 38.1 Å². The number of nitrogens with one attached hydrogen (secondary N) is 1. The molecule has 0 aliphatic rings. The van der Waals surface area contributed by atoms with Crippen LogP contribution in [0.4, 0.5) is 5.69 Å². The lowest BCUT2D eigenvalue weighted by atomic mass is 10.2. The van der Waals surface area contributed by atoms with E-state index in [1.165, 1.54) is 11.3 Å². The number of phenols is 1. The molecule has 2 N–H and O–H groups in total. The van der Waals surface area contributed by atoms with Gasteiger partial charge in [-0.2, -0.15) is 0 Å². The molecule has 0 unspecified atom stereocenters. The average molecular weight is 368 g/mol. The predicted octanol–water partition coefficient (Wildman–Crippen LogP) is 4.78. The molecule has 0 aliphatic heterocycles. The summed E-state index contributed by atoms with van der Waals surface area (Å²) in [4.78, 5) is 17.6. The van der Waals surface area contributed by atoms with E-state index < -0.39 is 0 Å². The Kier molecular flexibility index (Phi) is 5.23. The summed E-state index contributed by atoms with van der Waals surface area (Å²) in [6.45, 7) is 6.26. The maximum atomic E-state index is 12.6.